The molecule has 5 nitrogen and oxygen atoms in total. The number of nitrogens with one attached hydrogen (secondary N) is 1. The standard InChI is InChI=1S/C21H16Br2F3N3O2/c22-12-4-3-11(15(24)6-12)9-28-10-14(20(30)18-2-1-5-29(18)28)21(31)27-13-7-16(25)19(23)17(26)8-13/h3-4,6-8,10,18H,1-2,5,9H2,(H,27,31)/t18-/m1/s1. The van der Waals surface area contributed by atoms with Crippen LogP contribution in [-0.2, 0) is 16.1 Å². The summed E-state index contributed by atoms with van der Waals surface area (Å²) < 4.78 is 42.2. The predicted octanol–water partition coefficient (Wildman–Crippen LogP) is 4.92. The van der Waals surface area contributed by atoms with Gasteiger partial charge in [0.2, 0.25) is 0 Å². The Hall–Kier alpha value is -2.17. The zero-order chi connectivity index (χ0) is 22.3. The van der Waals surface area contributed by atoms with Crippen LogP contribution in [-0.4, -0.2) is 34.3 Å². The number of rotatable bonds is 4. The molecule has 0 radical (unpaired) electrons. The van der Waals surface area contributed by atoms with E-state index in [0.29, 0.717) is 23.0 Å². The lowest BCUT2D eigenvalue weighted by molar-refractivity contribution is -0.130. The normalized spacial score (nSPS) is 18.7. The average Bonchev–Trinajstić information content (AvgIpc) is 3.20. The third kappa shape index (κ3) is 4.42. The van der Waals surface area contributed by atoms with E-state index in [1.54, 1.807) is 17.1 Å². The Bertz CT molecular complexity index is 1090. The molecular weight excluding hydrogens is 543 g/mol. The minimum absolute atomic E-state index is 0.115. The molecule has 1 amide bonds. The van der Waals surface area contributed by atoms with E-state index in [1.807, 2.05) is 5.01 Å². The first kappa shape index (κ1) is 22.0. The van der Waals surface area contributed by atoms with Crippen molar-refractivity contribution in [2.75, 3.05) is 11.9 Å². The van der Waals surface area contributed by atoms with Crippen molar-refractivity contribution in [3.8, 4) is 0 Å². The molecule has 0 saturated carbocycles. The molecule has 4 rings (SSSR count). The van der Waals surface area contributed by atoms with E-state index < -0.39 is 29.4 Å². The molecule has 162 valence electrons. The summed E-state index contributed by atoms with van der Waals surface area (Å²) in [5.74, 6) is -3.33. The van der Waals surface area contributed by atoms with Crippen molar-refractivity contribution >= 4 is 49.2 Å². The third-order valence-electron chi connectivity index (χ3n) is 5.23. The molecule has 0 bridgehead atoms. The molecule has 1 N–H and O–H groups in total. The molecule has 2 aliphatic rings. The van der Waals surface area contributed by atoms with Crippen LogP contribution in [0.3, 0.4) is 0 Å². The molecule has 0 unspecified atom stereocenters. The minimum Gasteiger partial charge on any atom is -0.322 e. The van der Waals surface area contributed by atoms with Gasteiger partial charge in [-0.05, 0) is 53.0 Å². The number of benzene rings is 2. The van der Waals surface area contributed by atoms with E-state index in [1.165, 1.54) is 12.3 Å². The van der Waals surface area contributed by atoms with Crippen molar-refractivity contribution in [1.82, 2.24) is 10.0 Å². The number of amides is 1. The zero-order valence-electron chi connectivity index (χ0n) is 16.0. The number of Topliss-reactive ketones (excluding diaryl/α,β-unsaturated/α-hetero) is 1. The largest absolute Gasteiger partial charge is 0.322 e. The fourth-order valence-corrected chi connectivity index (χ4v) is 4.31. The van der Waals surface area contributed by atoms with Crippen molar-refractivity contribution in [2.45, 2.75) is 25.4 Å². The summed E-state index contributed by atoms with van der Waals surface area (Å²) in [6.45, 7) is 0.726. The molecule has 1 atom stereocenters. The second kappa shape index (κ2) is 8.76. The highest BCUT2D eigenvalue weighted by Crippen LogP contribution is 2.31. The van der Waals surface area contributed by atoms with Crippen LogP contribution < -0.4 is 5.32 Å². The SMILES string of the molecule is O=C(Nc1cc(F)c(Br)c(F)c1)C1=CN(Cc2ccc(Br)cc2F)N2CCC[C@@H]2C1=O. The molecule has 10 heteroatoms. The van der Waals surface area contributed by atoms with Crippen molar-refractivity contribution in [3.63, 3.8) is 0 Å². The number of hydrogen-bond acceptors (Lipinski definition) is 4. The van der Waals surface area contributed by atoms with Crippen LogP contribution in [0.15, 0.2) is 51.1 Å². The maximum absolute atomic E-state index is 14.4. The molecule has 1 saturated heterocycles. The lowest BCUT2D eigenvalue weighted by Gasteiger charge is -2.39. The van der Waals surface area contributed by atoms with Gasteiger partial charge in [-0.2, -0.15) is 0 Å². The first-order valence-corrected chi connectivity index (χ1v) is 11.0. The Balaban J connectivity index is 1.63. The first-order valence-electron chi connectivity index (χ1n) is 9.43. The molecule has 0 aromatic heterocycles. The molecule has 1 fully saturated rings. The van der Waals surface area contributed by atoms with Gasteiger partial charge in [0.05, 0.1) is 17.1 Å². The highest BCUT2D eigenvalue weighted by molar-refractivity contribution is 9.10. The Morgan fingerprint density at radius 3 is 2.48 bits per heavy atom. The fourth-order valence-electron chi connectivity index (χ4n) is 3.75. The molecular formula is C21H16Br2F3N3O2. The number of fused-ring (bicyclic) bond motifs is 1. The van der Waals surface area contributed by atoms with Crippen LogP contribution in [0.25, 0.3) is 0 Å². The molecule has 2 aromatic rings. The molecule has 2 aromatic carbocycles. The van der Waals surface area contributed by atoms with Gasteiger partial charge in [0.25, 0.3) is 5.91 Å². The lowest BCUT2D eigenvalue weighted by atomic mass is 10.0. The van der Waals surface area contributed by atoms with Crippen molar-refractivity contribution in [3.05, 3.63) is 74.1 Å². The summed E-state index contributed by atoms with van der Waals surface area (Å²) in [5, 5.41) is 5.85. The van der Waals surface area contributed by atoms with Crippen molar-refractivity contribution in [2.24, 2.45) is 0 Å². The Morgan fingerprint density at radius 2 is 1.81 bits per heavy atom. The molecule has 31 heavy (non-hydrogen) atoms. The van der Waals surface area contributed by atoms with Crippen LogP contribution in [0.4, 0.5) is 18.9 Å². The van der Waals surface area contributed by atoms with Gasteiger partial charge in [-0.15, -0.1) is 0 Å². The van der Waals surface area contributed by atoms with Gasteiger partial charge in [0, 0.05) is 28.5 Å². The van der Waals surface area contributed by atoms with E-state index in [0.717, 1.165) is 18.6 Å². The zero-order valence-corrected chi connectivity index (χ0v) is 19.1. The second-order valence-corrected chi connectivity index (χ2v) is 8.98. The van der Waals surface area contributed by atoms with Gasteiger partial charge < -0.3 is 10.3 Å². The van der Waals surface area contributed by atoms with Crippen molar-refractivity contribution in [1.29, 1.82) is 0 Å². The third-order valence-corrected chi connectivity index (χ3v) is 6.49. The van der Waals surface area contributed by atoms with Gasteiger partial charge in [-0.1, -0.05) is 22.0 Å². The summed E-state index contributed by atoms with van der Waals surface area (Å²) in [4.78, 5) is 25.7. The Labute approximate surface area is 193 Å². The highest BCUT2D eigenvalue weighted by atomic mass is 79.9. The van der Waals surface area contributed by atoms with E-state index >= 15 is 0 Å². The highest BCUT2D eigenvalue weighted by Gasteiger charge is 2.41. The van der Waals surface area contributed by atoms with Gasteiger partial charge >= 0.3 is 0 Å². The molecule has 0 spiro atoms. The number of ketones is 1. The van der Waals surface area contributed by atoms with Crippen molar-refractivity contribution < 1.29 is 22.8 Å². The second-order valence-electron chi connectivity index (χ2n) is 7.27. The molecule has 2 heterocycles. The summed E-state index contributed by atoms with van der Waals surface area (Å²) in [7, 11) is 0. The van der Waals surface area contributed by atoms with Gasteiger partial charge in [0.15, 0.2) is 5.78 Å². The van der Waals surface area contributed by atoms with Gasteiger partial charge in [-0.3, -0.25) is 9.59 Å². The number of anilines is 1. The Morgan fingerprint density at radius 1 is 1.10 bits per heavy atom. The summed E-state index contributed by atoms with van der Waals surface area (Å²) in [5.41, 5.74) is 0.136. The summed E-state index contributed by atoms with van der Waals surface area (Å²) in [6.07, 6.45) is 2.68. The summed E-state index contributed by atoms with van der Waals surface area (Å²) >= 11 is 5.99. The number of halogens is 5. The Kier molecular flexibility index (Phi) is 6.23. The van der Waals surface area contributed by atoms with Crippen LogP contribution in [0.5, 0.6) is 0 Å². The van der Waals surface area contributed by atoms with E-state index in [2.05, 4.69) is 37.2 Å². The average molecular weight is 559 g/mol. The molecule has 0 aliphatic carbocycles. The monoisotopic (exact) mass is 557 g/mol. The van der Waals surface area contributed by atoms with E-state index in [4.69, 9.17) is 0 Å². The summed E-state index contributed by atoms with van der Waals surface area (Å²) in [6, 6.07) is 6.05. The number of carbonyl (C=O) groups is 2. The maximum atomic E-state index is 14.4. The maximum Gasteiger partial charge on any atom is 0.260 e. The molecule has 2 aliphatic heterocycles. The quantitative estimate of drug-likeness (QED) is 0.428. The number of hydrazine groups is 1. The van der Waals surface area contributed by atoms with Crippen LogP contribution in [0.2, 0.25) is 0 Å². The fraction of sp³-hybridized carbons (Fsp3) is 0.238. The predicted molar refractivity (Wildman–Crippen MR) is 115 cm³/mol. The van der Waals surface area contributed by atoms with Crippen LogP contribution in [0.1, 0.15) is 18.4 Å². The number of nitrogens with zero attached hydrogens (tertiary/aromatic N) is 2. The van der Waals surface area contributed by atoms with Crippen LogP contribution in [0, 0.1) is 17.5 Å². The number of carbonyl (C=O) groups excluding carboxylic acids is 2. The van der Waals surface area contributed by atoms with Crippen LogP contribution >= 0.6 is 31.9 Å². The van der Waals surface area contributed by atoms with Gasteiger partial charge in [0.1, 0.15) is 23.0 Å². The van der Waals surface area contributed by atoms with E-state index in [-0.39, 0.29) is 28.1 Å². The minimum atomic E-state index is -0.881. The van der Waals surface area contributed by atoms with E-state index in [9.17, 15) is 22.8 Å². The topological polar surface area (TPSA) is 52.7 Å². The lowest BCUT2D eigenvalue weighted by Crippen LogP contribution is -2.51. The first-order chi connectivity index (χ1) is 14.7. The van der Waals surface area contributed by atoms with Gasteiger partial charge in [-0.25, -0.2) is 18.2 Å². The smallest absolute Gasteiger partial charge is 0.260 e. The number of hydrogen-bond donors (Lipinski definition) is 1.